The van der Waals surface area contributed by atoms with Crippen molar-refractivity contribution in [2.45, 2.75) is 52.2 Å². The molecule has 21 heavy (non-hydrogen) atoms. The highest BCUT2D eigenvalue weighted by Gasteiger charge is 2.19. The van der Waals surface area contributed by atoms with Gasteiger partial charge < -0.3 is 14.6 Å². The summed E-state index contributed by atoms with van der Waals surface area (Å²) in [6.07, 6.45) is 3.14. The van der Waals surface area contributed by atoms with Crippen LogP contribution in [-0.4, -0.2) is 35.9 Å². The fourth-order valence-electron chi connectivity index (χ4n) is 2.57. The van der Waals surface area contributed by atoms with Crippen LogP contribution in [0.5, 0.6) is 11.5 Å². The van der Waals surface area contributed by atoms with E-state index in [1.807, 2.05) is 18.2 Å². The van der Waals surface area contributed by atoms with Crippen molar-refractivity contribution >= 4 is 0 Å². The van der Waals surface area contributed by atoms with E-state index in [-0.39, 0.29) is 6.79 Å². The minimum Gasteiger partial charge on any atom is -0.454 e. The van der Waals surface area contributed by atoms with E-state index in [4.69, 9.17) is 9.47 Å². The van der Waals surface area contributed by atoms with Crippen LogP contribution in [0, 0.1) is 0 Å². The number of aliphatic hydroxyl groups excluding tert-OH is 1. The standard InChI is InChI=1S/C17H27NO3/c1-4-5-6-9-18(13(2)3)11-15(19)14-7-8-16-17(10-14)21-12-20-16/h7-8,10,13,15,19H,4-6,9,11-12H2,1-3H3. The van der Waals surface area contributed by atoms with Gasteiger partial charge in [-0.1, -0.05) is 25.8 Å². The maximum Gasteiger partial charge on any atom is 0.231 e. The van der Waals surface area contributed by atoms with Crippen LogP contribution in [-0.2, 0) is 0 Å². The van der Waals surface area contributed by atoms with Gasteiger partial charge in [0.05, 0.1) is 6.10 Å². The Bertz CT molecular complexity index is 448. The maximum absolute atomic E-state index is 10.5. The molecular formula is C17H27NO3. The molecule has 1 aromatic rings. The molecule has 1 aliphatic rings. The van der Waals surface area contributed by atoms with Gasteiger partial charge in [0.25, 0.3) is 0 Å². The topological polar surface area (TPSA) is 41.9 Å². The Kier molecular flexibility index (Phi) is 5.88. The molecule has 1 unspecified atom stereocenters. The van der Waals surface area contributed by atoms with Crippen molar-refractivity contribution in [3.63, 3.8) is 0 Å². The molecular weight excluding hydrogens is 266 g/mol. The van der Waals surface area contributed by atoms with E-state index in [2.05, 4.69) is 25.7 Å². The fraction of sp³-hybridized carbons (Fsp3) is 0.647. The Hall–Kier alpha value is -1.26. The van der Waals surface area contributed by atoms with Crippen LogP contribution in [0.2, 0.25) is 0 Å². The van der Waals surface area contributed by atoms with Gasteiger partial charge in [-0.3, -0.25) is 4.90 Å². The number of ether oxygens (including phenoxy) is 2. The second-order valence-electron chi connectivity index (χ2n) is 5.92. The number of unbranched alkanes of at least 4 members (excludes halogenated alkanes) is 2. The van der Waals surface area contributed by atoms with Crippen LogP contribution in [0.15, 0.2) is 18.2 Å². The van der Waals surface area contributed by atoms with Gasteiger partial charge in [0.2, 0.25) is 6.79 Å². The molecule has 0 saturated heterocycles. The minimum absolute atomic E-state index is 0.268. The number of benzene rings is 1. The van der Waals surface area contributed by atoms with E-state index in [0.29, 0.717) is 12.6 Å². The van der Waals surface area contributed by atoms with E-state index >= 15 is 0 Å². The molecule has 0 fully saturated rings. The summed E-state index contributed by atoms with van der Waals surface area (Å²) in [6.45, 7) is 8.52. The summed E-state index contributed by atoms with van der Waals surface area (Å²) >= 11 is 0. The maximum atomic E-state index is 10.5. The summed E-state index contributed by atoms with van der Waals surface area (Å²) in [5, 5.41) is 10.5. The molecule has 118 valence electrons. The molecule has 0 saturated carbocycles. The van der Waals surface area contributed by atoms with Crippen LogP contribution >= 0.6 is 0 Å². The first-order valence-electron chi connectivity index (χ1n) is 7.93. The predicted octanol–water partition coefficient (Wildman–Crippen LogP) is 3.35. The number of fused-ring (bicyclic) bond motifs is 1. The van der Waals surface area contributed by atoms with Gasteiger partial charge in [-0.05, 0) is 44.5 Å². The molecule has 1 N–H and O–H groups in total. The molecule has 4 nitrogen and oxygen atoms in total. The van der Waals surface area contributed by atoms with Gasteiger partial charge in [0, 0.05) is 12.6 Å². The summed E-state index contributed by atoms with van der Waals surface area (Å²) in [6, 6.07) is 6.11. The SMILES string of the molecule is CCCCCN(CC(O)c1ccc2c(c1)OCO2)C(C)C. The molecule has 0 radical (unpaired) electrons. The first kappa shape index (κ1) is 16.1. The highest BCUT2D eigenvalue weighted by atomic mass is 16.7. The molecule has 0 amide bonds. The number of aliphatic hydroxyl groups is 1. The van der Waals surface area contributed by atoms with Crippen LogP contribution in [0.4, 0.5) is 0 Å². The lowest BCUT2D eigenvalue weighted by atomic mass is 10.1. The van der Waals surface area contributed by atoms with Gasteiger partial charge in [-0.2, -0.15) is 0 Å². The van der Waals surface area contributed by atoms with E-state index in [0.717, 1.165) is 23.6 Å². The van der Waals surface area contributed by atoms with E-state index in [1.54, 1.807) is 0 Å². The first-order chi connectivity index (χ1) is 10.1. The Morgan fingerprint density at radius 3 is 2.67 bits per heavy atom. The third kappa shape index (κ3) is 4.35. The average molecular weight is 293 g/mol. The molecule has 0 spiro atoms. The summed E-state index contributed by atoms with van der Waals surface area (Å²) in [4.78, 5) is 2.34. The number of hydrogen-bond donors (Lipinski definition) is 1. The van der Waals surface area contributed by atoms with Crippen LogP contribution in [0.25, 0.3) is 0 Å². The van der Waals surface area contributed by atoms with Crippen molar-refractivity contribution in [2.24, 2.45) is 0 Å². The summed E-state index contributed by atoms with van der Waals surface area (Å²) in [5.74, 6) is 1.49. The summed E-state index contributed by atoms with van der Waals surface area (Å²) in [7, 11) is 0. The molecule has 4 heteroatoms. The van der Waals surface area contributed by atoms with Gasteiger partial charge in [0.1, 0.15) is 0 Å². The van der Waals surface area contributed by atoms with Crippen LogP contribution in [0.1, 0.15) is 51.7 Å². The fourth-order valence-corrected chi connectivity index (χ4v) is 2.57. The number of rotatable bonds is 8. The molecule has 0 aliphatic carbocycles. The minimum atomic E-state index is -0.497. The van der Waals surface area contributed by atoms with E-state index in [1.165, 1.54) is 19.3 Å². The zero-order valence-corrected chi connectivity index (χ0v) is 13.3. The van der Waals surface area contributed by atoms with Crippen molar-refractivity contribution in [2.75, 3.05) is 19.9 Å². The molecule has 1 heterocycles. The third-order valence-corrected chi connectivity index (χ3v) is 3.97. The monoisotopic (exact) mass is 293 g/mol. The quantitative estimate of drug-likeness (QED) is 0.746. The lowest BCUT2D eigenvalue weighted by molar-refractivity contribution is 0.0940. The highest BCUT2D eigenvalue weighted by Crippen LogP contribution is 2.34. The van der Waals surface area contributed by atoms with Crippen molar-refractivity contribution < 1.29 is 14.6 Å². The molecule has 0 bridgehead atoms. The van der Waals surface area contributed by atoms with Gasteiger partial charge in [0.15, 0.2) is 11.5 Å². The number of nitrogens with zero attached hydrogens (tertiary/aromatic N) is 1. The Labute approximate surface area is 127 Å². The number of hydrogen-bond acceptors (Lipinski definition) is 4. The van der Waals surface area contributed by atoms with Crippen molar-refractivity contribution in [3.05, 3.63) is 23.8 Å². The third-order valence-electron chi connectivity index (χ3n) is 3.97. The Morgan fingerprint density at radius 1 is 1.19 bits per heavy atom. The molecule has 2 rings (SSSR count). The van der Waals surface area contributed by atoms with E-state index in [9.17, 15) is 5.11 Å². The lowest BCUT2D eigenvalue weighted by Crippen LogP contribution is -2.35. The van der Waals surface area contributed by atoms with Crippen molar-refractivity contribution in [1.29, 1.82) is 0 Å². The molecule has 1 aliphatic heterocycles. The zero-order chi connectivity index (χ0) is 15.2. The van der Waals surface area contributed by atoms with Crippen LogP contribution in [0.3, 0.4) is 0 Å². The second kappa shape index (κ2) is 7.66. The van der Waals surface area contributed by atoms with Gasteiger partial charge in [-0.15, -0.1) is 0 Å². The molecule has 1 atom stereocenters. The smallest absolute Gasteiger partial charge is 0.231 e. The van der Waals surface area contributed by atoms with Crippen LogP contribution < -0.4 is 9.47 Å². The highest BCUT2D eigenvalue weighted by molar-refractivity contribution is 5.45. The van der Waals surface area contributed by atoms with Gasteiger partial charge >= 0.3 is 0 Å². The summed E-state index contributed by atoms with van der Waals surface area (Å²) < 4.78 is 10.7. The molecule has 1 aromatic carbocycles. The zero-order valence-electron chi connectivity index (χ0n) is 13.3. The second-order valence-corrected chi connectivity index (χ2v) is 5.92. The normalized spacial score (nSPS) is 15.0. The Balaban J connectivity index is 1.96. The largest absolute Gasteiger partial charge is 0.454 e. The summed E-state index contributed by atoms with van der Waals surface area (Å²) in [5.41, 5.74) is 0.889. The average Bonchev–Trinajstić information content (AvgIpc) is 2.93. The Morgan fingerprint density at radius 2 is 1.95 bits per heavy atom. The van der Waals surface area contributed by atoms with E-state index < -0.39 is 6.10 Å². The molecule has 0 aromatic heterocycles. The van der Waals surface area contributed by atoms with Crippen molar-refractivity contribution in [1.82, 2.24) is 4.90 Å². The lowest BCUT2D eigenvalue weighted by Gasteiger charge is -2.29. The van der Waals surface area contributed by atoms with Crippen molar-refractivity contribution in [3.8, 4) is 11.5 Å². The van der Waals surface area contributed by atoms with Gasteiger partial charge in [-0.25, -0.2) is 0 Å². The predicted molar refractivity (Wildman–Crippen MR) is 83.8 cm³/mol. The first-order valence-corrected chi connectivity index (χ1v) is 7.93.